The lowest BCUT2D eigenvalue weighted by atomic mass is 10.2. The molecule has 0 bridgehead atoms. The van der Waals surface area contributed by atoms with Crippen LogP contribution in [0.3, 0.4) is 0 Å². The van der Waals surface area contributed by atoms with Gasteiger partial charge in [-0.1, -0.05) is 17.8 Å². The number of nitrogens with zero attached hydrogens (tertiary/aromatic N) is 1. The maximum atomic E-state index is 13.2. The van der Waals surface area contributed by atoms with Crippen LogP contribution in [0.25, 0.3) is 4.72 Å². The molecule has 0 spiro atoms. The van der Waals surface area contributed by atoms with Crippen LogP contribution in [0.15, 0.2) is 18.2 Å². The van der Waals surface area contributed by atoms with Gasteiger partial charge in [-0.05, 0) is 18.6 Å². The molecule has 0 fully saturated rings. The van der Waals surface area contributed by atoms with E-state index in [9.17, 15) is 12.8 Å². The van der Waals surface area contributed by atoms with Gasteiger partial charge in [-0.25, -0.2) is 12.8 Å². The molecule has 0 radical (unpaired) electrons. The van der Waals surface area contributed by atoms with Crippen molar-refractivity contribution < 1.29 is 18.5 Å². The number of aryl methyl sites for hydroxylation is 1. The first-order chi connectivity index (χ1) is 6.94. The summed E-state index contributed by atoms with van der Waals surface area (Å²) in [5, 5.41) is 0. The van der Waals surface area contributed by atoms with Crippen molar-refractivity contribution in [3.63, 3.8) is 0 Å². The topological polar surface area (TPSA) is 75.9 Å². The Labute approximate surface area is 88.3 Å². The van der Waals surface area contributed by atoms with Crippen LogP contribution in [0.4, 0.5) is 10.1 Å². The molecule has 1 aromatic rings. The summed E-state index contributed by atoms with van der Waals surface area (Å²) in [4.78, 5) is 0. The van der Waals surface area contributed by atoms with Gasteiger partial charge in [0.15, 0.2) is 0 Å². The molecule has 6 heteroatoms. The Hall–Kier alpha value is -1.14. The highest BCUT2D eigenvalue weighted by atomic mass is 32.2. The van der Waals surface area contributed by atoms with Gasteiger partial charge in [-0.3, -0.25) is 0 Å². The van der Waals surface area contributed by atoms with E-state index < -0.39 is 15.8 Å². The van der Waals surface area contributed by atoms with Crippen molar-refractivity contribution in [3.05, 3.63) is 34.3 Å². The fourth-order valence-corrected chi connectivity index (χ4v) is 1.97. The Bertz CT molecular complexity index is 445. The quantitative estimate of drug-likeness (QED) is 0.830. The van der Waals surface area contributed by atoms with E-state index in [-0.39, 0.29) is 18.0 Å². The first-order valence-electron chi connectivity index (χ1n) is 4.46. The highest BCUT2D eigenvalue weighted by molar-refractivity contribution is 7.94. The summed E-state index contributed by atoms with van der Waals surface area (Å²) in [6.07, 6.45) is 0. The number of hydrogen-bond donors (Lipinski definition) is 1. The van der Waals surface area contributed by atoms with Crippen molar-refractivity contribution in [2.24, 2.45) is 0 Å². The molecule has 0 aliphatic rings. The maximum absolute atomic E-state index is 13.2. The second-order valence-electron chi connectivity index (χ2n) is 3.19. The van der Waals surface area contributed by atoms with E-state index in [1.54, 1.807) is 13.0 Å². The molecule has 1 aromatic carbocycles. The van der Waals surface area contributed by atoms with E-state index in [1.165, 1.54) is 12.1 Å². The normalized spacial score (nSPS) is 11.4. The van der Waals surface area contributed by atoms with Crippen LogP contribution < -0.4 is 5.73 Å². The molecule has 3 N–H and O–H groups in total. The number of quaternary nitrogens is 1. The van der Waals surface area contributed by atoms with Crippen LogP contribution in [0.5, 0.6) is 0 Å². The molecule has 0 atom stereocenters. The van der Waals surface area contributed by atoms with Gasteiger partial charge in [0, 0.05) is 0 Å². The number of benzene rings is 1. The Morgan fingerprint density at radius 1 is 1.47 bits per heavy atom. The van der Waals surface area contributed by atoms with Gasteiger partial charge < -0.3 is 10.5 Å². The summed E-state index contributed by atoms with van der Waals surface area (Å²) in [6.45, 7) is 1.94. The molecule has 4 nitrogen and oxygen atoms in total. The van der Waals surface area contributed by atoms with Gasteiger partial charge in [0.25, 0.3) is 0 Å². The van der Waals surface area contributed by atoms with Gasteiger partial charge in [0.1, 0.15) is 5.82 Å². The summed E-state index contributed by atoms with van der Waals surface area (Å²) < 4.78 is 39.2. The summed E-state index contributed by atoms with van der Waals surface area (Å²) >= 11 is 0. The average Bonchev–Trinajstić information content (AvgIpc) is 2.09. The minimum absolute atomic E-state index is 0.144. The monoisotopic (exact) mass is 232 g/mol. The SMILES string of the molecule is Cc1ccc([N-]S(=O)(=O)CC[NH3+])c(F)c1. The fourth-order valence-electron chi connectivity index (χ4n) is 1.06. The largest absolute Gasteiger partial charge is 0.574 e. The van der Waals surface area contributed by atoms with E-state index in [1.807, 2.05) is 0 Å². The zero-order valence-corrected chi connectivity index (χ0v) is 9.22. The molecular weight excluding hydrogens is 219 g/mol. The first kappa shape index (κ1) is 11.9. The average molecular weight is 232 g/mol. The number of halogens is 1. The second-order valence-corrected chi connectivity index (χ2v) is 4.94. The highest BCUT2D eigenvalue weighted by Gasteiger charge is 2.02. The third kappa shape index (κ3) is 3.49. The number of hydrogen-bond acceptors (Lipinski definition) is 2. The Kier molecular flexibility index (Phi) is 3.65. The van der Waals surface area contributed by atoms with Crippen LogP contribution in [-0.4, -0.2) is 20.7 Å². The molecule has 0 saturated carbocycles. The lowest BCUT2D eigenvalue weighted by Crippen LogP contribution is -2.52. The zero-order chi connectivity index (χ0) is 11.5. The van der Waals surface area contributed by atoms with Crippen molar-refractivity contribution in [1.29, 1.82) is 0 Å². The second kappa shape index (κ2) is 4.59. The molecule has 0 amide bonds. The molecule has 0 aliphatic carbocycles. The van der Waals surface area contributed by atoms with Crippen LogP contribution in [-0.2, 0) is 10.0 Å². The molecule has 0 unspecified atom stereocenters. The lowest BCUT2D eigenvalue weighted by molar-refractivity contribution is -0.360. The van der Waals surface area contributed by atoms with E-state index >= 15 is 0 Å². The zero-order valence-electron chi connectivity index (χ0n) is 8.40. The van der Waals surface area contributed by atoms with Crippen molar-refractivity contribution in [2.45, 2.75) is 6.92 Å². The number of rotatable bonds is 4. The van der Waals surface area contributed by atoms with E-state index in [0.717, 1.165) is 5.56 Å². The Morgan fingerprint density at radius 2 is 2.13 bits per heavy atom. The molecule has 0 heterocycles. The standard InChI is InChI=1S/C9H12FN2O2S/c1-7-2-3-9(8(10)6-7)12-15(13,14)5-4-11/h2-3,6H,4-5,11H2,1H3/q-1/p+1. The van der Waals surface area contributed by atoms with Gasteiger partial charge in [-0.15, -0.1) is 0 Å². The lowest BCUT2D eigenvalue weighted by Gasteiger charge is -2.21. The summed E-state index contributed by atoms with van der Waals surface area (Å²) in [5.41, 5.74) is 3.99. The van der Waals surface area contributed by atoms with Crippen LogP contribution in [0.1, 0.15) is 5.56 Å². The van der Waals surface area contributed by atoms with E-state index in [4.69, 9.17) is 0 Å². The van der Waals surface area contributed by atoms with Crippen LogP contribution in [0, 0.1) is 12.7 Å². The van der Waals surface area contributed by atoms with Gasteiger partial charge in [0.2, 0.25) is 0 Å². The van der Waals surface area contributed by atoms with E-state index in [2.05, 4.69) is 10.5 Å². The van der Waals surface area contributed by atoms with Crippen molar-refractivity contribution >= 4 is 15.7 Å². The maximum Gasteiger partial charge on any atom is 0.109 e. The van der Waals surface area contributed by atoms with Crippen molar-refractivity contribution in [1.82, 2.24) is 0 Å². The molecule has 15 heavy (non-hydrogen) atoms. The molecule has 0 saturated heterocycles. The Balaban J connectivity index is 2.90. The van der Waals surface area contributed by atoms with Crippen LogP contribution >= 0.6 is 0 Å². The predicted octanol–water partition coefficient (Wildman–Crippen LogP) is 0.711. The number of sulfonamides is 1. The summed E-state index contributed by atoms with van der Waals surface area (Å²) in [6, 6.07) is 4.21. The summed E-state index contributed by atoms with van der Waals surface area (Å²) in [5.74, 6) is -0.789. The van der Waals surface area contributed by atoms with Crippen LogP contribution in [0.2, 0.25) is 0 Å². The molecule has 0 aliphatic heterocycles. The minimum Gasteiger partial charge on any atom is -0.574 e. The molecule has 1 rings (SSSR count). The third-order valence-corrected chi connectivity index (χ3v) is 3.02. The fraction of sp³-hybridized carbons (Fsp3) is 0.333. The van der Waals surface area contributed by atoms with Crippen molar-refractivity contribution in [2.75, 3.05) is 12.3 Å². The third-order valence-electron chi connectivity index (χ3n) is 1.74. The minimum atomic E-state index is -3.60. The predicted molar refractivity (Wildman–Crippen MR) is 55.7 cm³/mol. The van der Waals surface area contributed by atoms with Crippen molar-refractivity contribution in [3.8, 4) is 0 Å². The highest BCUT2D eigenvalue weighted by Crippen LogP contribution is 2.26. The molecular formula is C9H13FN2O2S. The first-order valence-corrected chi connectivity index (χ1v) is 6.06. The summed E-state index contributed by atoms with van der Waals surface area (Å²) in [7, 11) is -3.60. The molecule has 0 aromatic heterocycles. The van der Waals surface area contributed by atoms with Gasteiger partial charge in [0.05, 0.1) is 22.3 Å². The van der Waals surface area contributed by atoms with Gasteiger partial charge in [-0.2, -0.15) is 0 Å². The Morgan fingerprint density at radius 3 is 2.67 bits per heavy atom. The van der Waals surface area contributed by atoms with Gasteiger partial charge >= 0.3 is 0 Å². The smallest absolute Gasteiger partial charge is 0.109 e. The van der Waals surface area contributed by atoms with E-state index in [0.29, 0.717) is 0 Å². The molecule has 84 valence electrons.